The number of hydrogen-bond acceptors (Lipinski definition) is 7. The van der Waals surface area contributed by atoms with E-state index in [4.69, 9.17) is 4.74 Å². The van der Waals surface area contributed by atoms with Gasteiger partial charge < -0.3 is 9.84 Å². The summed E-state index contributed by atoms with van der Waals surface area (Å²) in [6.07, 6.45) is 0.878. The number of amides is 1. The first-order valence-electron chi connectivity index (χ1n) is 11.8. The number of anilines is 1. The number of aliphatic hydroxyl groups is 1. The van der Waals surface area contributed by atoms with Crippen LogP contribution in [0.3, 0.4) is 0 Å². The number of Topliss-reactive ketones (excluding diaryl/α,β-unsaturated/α-hetero) is 2. The third kappa shape index (κ3) is 4.95. The molecule has 2 heterocycles. The lowest BCUT2D eigenvalue weighted by Crippen LogP contribution is -2.29. The van der Waals surface area contributed by atoms with E-state index < -0.39 is 17.7 Å². The van der Waals surface area contributed by atoms with E-state index >= 15 is 0 Å². The molecule has 1 amide bonds. The molecule has 1 unspecified atom stereocenters. The highest BCUT2D eigenvalue weighted by Crippen LogP contribution is 2.44. The normalized spacial score (nSPS) is 17.1. The van der Waals surface area contributed by atoms with E-state index in [-0.39, 0.29) is 22.2 Å². The van der Waals surface area contributed by atoms with Crippen molar-refractivity contribution in [2.75, 3.05) is 11.5 Å². The van der Waals surface area contributed by atoms with Crippen LogP contribution in [-0.2, 0) is 9.59 Å². The topological polar surface area (TPSA) is 96.8 Å². The zero-order valence-electron chi connectivity index (χ0n) is 20.6. The van der Waals surface area contributed by atoms with Gasteiger partial charge in [0.05, 0.1) is 28.8 Å². The summed E-state index contributed by atoms with van der Waals surface area (Å²) in [6, 6.07) is 14.8. The summed E-state index contributed by atoms with van der Waals surface area (Å²) >= 11 is 1.06. The predicted molar refractivity (Wildman–Crippen MR) is 139 cm³/mol. The Bertz CT molecular complexity index is 1340. The number of benzene rings is 2. The third-order valence-corrected chi connectivity index (χ3v) is 7.20. The number of carbonyl (C=O) groups is 3. The molecule has 1 aliphatic heterocycles. The van der Waals surface area contributed by atoms with E-state index in [1.54, 1.807) is 55.5 Å². The van der Waals surface area contributed by atoms with Crippen molar-refractivity contribution in [1.29, 1.82) is 0 Å². The lowest BCUT2D eigenvalue weighted by Gasteiger charge is -2.23. The Morgan fingerprint density at radius 2 is 1.86 bits per heavy atom. The monoisotopic (exact) mass is 504 g/mol. The van der Waals surface area contributed by atoms with Gasteiger partial charge in [0.1, 0.15) is 11.5 Å². The molecule has 1 saturated heterocycles. The molecule has 0 aliphatic carbocycles. The van der Waals surface area contributed by atoms with Gasteiger partial charge in [-0.3, -0.25) is 19.3 Å². The minimum Gasteiger partial charge on any atom is -0.507 e. The number of hydrogen-bond donors (Lipinski definition) is 1. The Hall–Kier alpha value is -3.78. The van der Waals surface area contributed by atoms with E-state index in [2.05, 4.69) is 18.8 Å². The van der Waals surface area contributed by atoms with Crippen LogP contribution in [0.4, 0.5) is 5.13 Å². The van der Waals surface area contributed by atoms with Crippen LogP contribution >= 0.6 is 11.3 Å². The third-order valence-electron chi connectivity index (χ3n) is 5.94. The number of aryl methyl sites for hydroxylation is 1. The predicted octanol–water partition coefficient (Wildman–Crippen LogP) is 5.71. The summed E-state index contributed by atoms with van der Waals surface area (Å²) in [5, 5.41) is 11.4. The molecule has 8 heteroatoms. The SMILES string of the molecule is CC(=O)c1sc(N2C(=O)C(=O)/C(=C(/O)c3ccccc3)C2c2cccc(OCCC(C)C)c2)nc1C. The molecule has 7 nitrogen and oxygen atoms in total. The van der Waals surface area contributed by atoms with Crippen LogP contribution in [0.2, 0.25) is 0 Å². The molecule has 1 fully saturated rings. The Balaban J connectivity index is 1.86. The van der Waals surface area contributed by atoms with Crippen LogP contribution in [0.5, 0.6) is 5.75 Å². The van der Waals surface area contributed by atoms with E-state index in [0.717, 1.165) is 17.8 Å². The zero-order chi connectivity index (χ0) is 26.0. The van der Waals surface area contributed by atoms with Crippen molar-refractivity contribution in [2.24, 2.45) is 5.92 Å². The van der Waals surface area contributed by atoms with E-state index in [9.17, 15) is 19.5 Å². The van der Waals surface area contributed by atoms with Gasteiger partial charge >= 0.3 is 5.91 Å². The second kappa shape index (κ2) is 10.5. The Kier molecular flexibility index (Phi) is 7.35. The highest BCUT2D eigenvalue weighted by atomic mass is 32.1. The van der Waals surface area contributed by atoms with Crippen molar-refractivity contribution in [2.45, 2.75) is 40.2 Å². The number of carbonyl (C=O) groups excluding carboxylic acids is 3. The molecule has 3 aromatic rings. The number of nitrogens with zero attached hydrogens (tertiary/aromatic N) is 2. The average Bonchev–Trinajstić information content (AvgIpc) is 3.36. The van der Waals surface area contributed by atoms with Crippen molar-refractivity contribution in [3.63, 3.8) is 0 Å². The fourth-order valence-electron chi connectivity index (χ4n) is 4.10. The molecule has 1 atom stereocenters. The van der Waals surface area contributed by atoms with Crippen LogP contribution in [-0.4, -0.2) is 34.2 Å². The smallest absolute Gasteiger partial charge is 0.301 e. The highest BCUT2D eigenvalue weighted by molar-refractivity contribution is 7.18. The quantitative estimate of drug-likeness (QED) is 0.183. The summed E-state index contributed by atoms with van der Waals surface area (Å²) in [5.41, 5.74) is 1.45. The number of aromatic nitrogens is 1. The van der Waals surface area contributed by atoms with Crippen molar-refractivity contribution in [3.05, 3.63) is 81.9 Å². The minimum absolute atomic E-state index is 0.0391. The summed E-state index contributed by atoms with van der Waals surface area (Å²) in [7, 11) is 0. The molecule has 0 spiro atoms. The maximum atomic E-state index is 13.3. The second-order valence-electron chi connectivity index (χ2n) is 9.11. The van der Waals surface area contributed by atoms with Crippen molar-refractivity contribution < 1.29 is 24.2 Å². The van der Waals surface area contributed by atoms with Gasteiger partial charge in [-0.25, -0.2) is 4.98 Å². The zero-order valence-corrected chi connectivity index (χ0v) is 21.5. The largest absolute Gasteiger partial charge is 0.507 e. The Morgan fingerprint density at radius 1 is 1.14 bits per heavy atom. The highest BCUT2D eigenvalue weighted by Gasteiger charge is 2.48. The van der Waals surface area contributed by atoms with Crippen LogP contribution in [0, 0.1) is 12.8 Å². The number of thiazole rings is 1. The van der Waals surface area contributed by atoms with Crippen LogP contribution in [0.15, 0.2) is 60.2 Å². The Morgan fingerprint density at radius 3 is 2.50 bits per heavy atom. The lowest BCUT2D eigenvalue weighted by molar-refractivity contribution is -0.132. The molecular formula is C28H28N2O5S. The van der Waals surface area contributed by atoms with Crippen LogP contribution in [0.25, 0.3) is 5.76 Å². The second-order valence-corrected chi connectivity index (χ2v) is 10.1. The van der Waals surface area contributed by atoms with Gasteiger partial charge in [-0.1, -0.05) is 67.6 Å². The van der Waals surface area contributed by atoms with Crippen molar-refractivity contribution >= 4 is 39.7 Å². The fourth-order valence-corrected chi connectivity index (χ4v) is 5.08. The summed E-state index contributed by atoms with van der Waals surface area (Å²) < 4.78 is 5.92. The fraction of sp³-hybridized carbons (Fsp3) is 0.286. The van der Waals surface area contributed by atoms with Gasteiger partial charge in [0, 0.05) is 12.5 Å². The van der Waals surface area contributed by atoms with Gasteiger partial charge in [0.2, 0.25) is 0 Å². The summed E-state index contributed by atoms with van der Waals surface area (Å²) in [4.78, 5) is 44.9. The molecule has 4 rings (SSSR count). The lowest BCUT2D eigenvalue weighted by atomic mass is 9.95. The minimum atomic E-state index is -0.941. The maximum Gasteiger partial charge on any atom is 0.301 e. The first kappa shape index (κ1) is 25.3. The molecular weight excluding hydrogens is 476 g/mol. The Labute approximate surface area is 214 Å². The maximum absolute atomic E-state index is 13.3. The molecule has 186 valence electrons. The molecule has 2 aromatic carbocycles. The van der Waals surface area contributed by atoms with Gasteiger partial charge in [-0.15, -0.1) is 0 Å². The number of ketones is 2. The van der Waals surface area contributed by atoms with Gasteiger partial charge in [-0.05, 0) is 37.0 Å². The van der Waals surface area contributed by atoms with Crippen molar-refractivity contribution in [1.82, 2.24) is 4.98 Å². The number of ether oxygens (including phenoxy) is 1. The van der Waals surface area contributed by atoms with Crippen molar-refractivity contribution in [3.8, 4) is 5.75 Å². The first-order chi connectivity index (χ1) is 17.2. The van der Waals surface area contributed by atoms with Gasteiger partial charge in [-0.2, -0.15) is 0 Å². The molecule has 0 saturated carbocycles. The molecule has 1 aromatic heterocycles. The molecule has 36 heavy (non-hydrogen) atoms. The first-order valence-corrected chi connectivity index (χ1v) is 12.6. The molecule has 1 aliphatic rings. The summed E-state index contributed by atoms with van der Waals surface area (Å²) in [5.74, 6) is -0.994. The van der Waals surface area contributed by atoms with E-state index in [1.165, 1.54) is 11.8 Å². The summed E-state index contributed by atoms with van der Waals surface area (Å²) in [6.45, 7) is 7.88. The van der Waals surface area contributed by atoms with E-state index in [1.807, 2.05) is 6.07 Å². The van der Waals surface area contributed by atoms with E-state index in [0.29, 0.717) is 40.0 Å². The molecule has 0 radical (unpaired) electrons. The van der Waals surface area contributed by atoms with Gasteiger partial charge in [0.25, 0.3) is 5.78 Å². The van der Waals surface area contributed by atoms with Crippen LogP contribution < -0.4 is 9.64 Å². The van der Waals surface area contributed by atoms with Gasteiger partial charge in [0.15, 0.2) is 10.9 Å². The van der Waals surface area contributed by atoms with Crippen LogP contribution in [0.1, 0.15) is 59.7 Å². The average molecular weight is 505 g/mol. The number of aliphatic hydroxyl groups excluding tert-OH is 1. The molecule has 1 N–H and O–H groups in total. The molecule has 0 bridgehead atoms. The number of rotatable bonds is 8. The standard InChI is InChI=1S/C28H28N2O5S/c1-16(2)13-14-35-21-12-8-11-20(15-21)23-22(24(32)19-9-6-5-7-10-19)25(33)27(34)30(23)28-29-17(3)26(36-28)18(4)31/h5-12,15-16,23,32H,13-14H2,1-4H3/b24-22+.